The predicted molar refractivity (Wildman–Crippen MR) is 73.7 cm³/mol. The Bertz CT molecular complexity index is 669. The number of ketones is 1. The number of hydrogen-bond acceptors (Lipinski definition) is 3. The number of halogens is 2. The van der Waals surface area contributed by atoms with Crippen LogP contribution < -0.4 is 9.47 Å². The van der Waals surface area contributed by atoms with Gasteiger partial charge in [-0.05, 0) is 37.3 Å². The second-order valence-electron chi connectivity index (χ2n) is 4.45. The van der Waals surface area contributed by atoms with Crippen molar-refractivity contribution >= 4 is 5.78 Å². The third kappa shape index (κ3) is 3.56. The van der Waals surface area contributed by atoms with Gasteiger partial charge in [-0.15, -0.1) is 0 Å². The molecule has 0 aliphatic heterocycles. The highest BCUT2D eigenvalue weighted by molar-refractivity contribution is 5.94. The van der Waals surface area contributed by atoms with Crippen LogP contribution in [0.5, 0.6) is 11.5 Å². The summed E-state index contributed by atoms with van der Waals surface area (Å²) in [6.45, 7) is 1.38. The fourth-order valence-corrected chi connectivity index (χ4v) is 1.80. The molecule has 0 radical (unpaired) electrons. The van der Waals surface area contributed by atoms with Crippen LogP contribution in [0.15, 0.2) is 36.4 Å². The number of carbonyl (C=O) groups is 1. The van der Waals surface area contributed by atoms with Crippen molar-refractivity contribution in [3.63, 3.8) is 0 Å². The van der Waals surface area contributed by atoms with Gasteiger partial charge in [0, 0.05) is 17.2 Å². The molecule has 2 rings (SSSR count). The van der Waals surface area contributed by atoms with Crippen molar-refractivity contribution in [1.29, 1.82) is 0 Å². The Hall–Kier alpha value is -2.43. The van der Waals surface area contributed by atoms with E-state index in [0.717, 1.165) is 12.1 Å². The van der Waals surface area contributed by atoms with Gasteiger partial charge in [0.2, 0.25) is 0 Å². The summed E-state index contributed by atoms with van der Waals surface area (Å²) >= 11 is 0. The first-order chi connectivity index (χ1) is 10.0. The van der Waals surface area contributed by atoms with Crippen molar-refractivity contribution in [1.82, 2.24) is 0 Å². The number of benzene rings is 2. The van der Waals surface area contributed by atoms with Gasteiger partial charge in [-0.25, -0.2) is 8.78 Å². The summed E-state index contributed by atoms with van der Waals surface area (Å²) in [5.74, 6) is -0.644. The van der Waals surface area contributed by atoms with E-state index in [1.807, 2.05) is 0 Å². The van der Waals surface area contributed by atoms with E-state index in [1.165, 1.54) is 20.1 Å². The minimum absolute atomic E-state index is 0.0676. The summed E-state index contributed by atoms with van der Waals surface area (Å²) in [6.07, 6.45) is 0. The summed E-state index contributed by atoms with van der Waals surface area (Å²) in [6, 6.07) is 8.02. The molecular formula is C16H14F2O3. The van der Waals surface area contributed by atoms with Crippen LogP contribution in [0, 0.1) is 11.6 Å². The average Bonchev–Trinajstić information content (AvgIpc) is 2.46. The van der Waals surface area contributed by atoms with Crippen LogP contribution in [0.3, 0.4) is 0 Å². The third-order valence-electron chi connectivity index (χ3n) is 2.97. The molecule has 0 spiro atoms. The van der Waals surface area contributed by atoms with E-state index in [4.69, 9.17) is 9.47 Å². The molecule has 110 valence electrons. The van der Waals surface area contributed by atoms with Gasteiger partial charge in [0.15, 0.2) is 17.3 Å². The van der Waals surface area contributed by atoms with Crippen LogP contribution in [0.2, 0.25) is 0 Å². The SMILES string of the molecule is COc1cc(C(C)=O)ccc1OCc1ccc(F)cc1F. The van der Waals surface area contributed by atoms with E-state index < -0.39 is 11.6 Å². The highest BCUT2D eigenvalue weighted by atomic mass is 19.1. The summed E-state index contributed by atoms with van der Waals surface area (Å²) in [5, 5.41) is 0. The lowest BCUT2D eigenvalue weighted by Crippen LogP contribution is -2.01. The zero-order valence-corrected chi connectivity index (χ0v) is 11.7. The van der Waals surface area contributed by atoms with E-state index >= 15 is 0 Å². The third-order valence-corrected chi connectivity index (χ3v) is 2.97. The van der Waals surface area contributed by atoms with E-state index in [0.29, 0.717) is 17.1 Å². The normalized spacial score (nSPS) is 10.3. The van der Waals surface area contributed by atoms with Crippen molar-refractivity contribution < 1.29 is 23.0 Å². The van der Waals surface area contributed by atoms with Gasteiger partial charge in [-0.3, -0.25) is 4.79 Å². The van der Waals surface area contributed by atoms with Gasteiger partial charge in [0.1, 0.15) is 18.2 Å². The Morgan fingerprint density at radius 2 is 1.86 bits per heavy atom. The molecule has 21 heavy (non-hydrogen) atoms. The van der Waals surface area contributed by atoms with Crippen LogP contribution in [-0.2, 0) is 6.61 Å². The maximum absolute atomic E-state index is 13.5. The predicted octanol–water partition coefficient (Wildman–Crippen LogP) is 3.76. The van der Waals surface area contributed by atoms with Crippen LogP contribution >= 0.6 is 0 Å². The molecule has 0 atom stereocenters. The standard InChI is InChI=1S/C16H14F2O3/c1-10(19)11-4-6-15(16(7-11)20-2)21-9-12-3-5-13(17)8-14(12)18/h3-8H,9H2,1-2H3. The van der Waals surface area contributed by atoms with E-state index in [-0.39, 0.29) is 18.0 Å². The summed E-state index contributed by atoms with van der Waals surface area (Å²) < 4.78 is 36.9. The van der Waals surface area contributed by atoms with Gasteiger partial charge < -0.3 is 9.47 Å². The van der Waals surface area contributed by atoms with Crippen molar-refractivity contribution in [2.75, 3.05) is 7.11 Å². The first-order valence-corrected chi connectivity index (χ1v) is 6.27. The zero-order valence-electron chi connectivity index (χ0n) is 11.7. The quantitative estimate of drug-likeness (QED) is 0.787. The van der Waals surface area contributed by atoms with Gasteiger partial charge >= 0.3 is 0 Å². The summed E-state index contributed by atoms with van der Waals surface area (Å²) in [5.41, 5.74) is 0.723. The molecule has 0 aromatic heterocycles. The topological polar surface area (TPSA) is 35.5 Å². The second-order valence-corrected chi connectivity index (χ2v) is 4.45. The van der Waals surface area contributed by atoms with E-state index in [2.05, 4.69) is 0 Å². The fourth-order valence-electron chi connectivity index (χ4n) is 1.80. The highest BCUT2D eigenvalue weighted by Gasteiger charge is 2.10. The Balaban J connectivity index is 2.17. The molecule has 0 saturated heterocycles. The maximum Gasteiger partial charge on any atom is 0.161 e. The lowest BCUT2D eigenvalue weighted by molar-refractivity contribution is 0.101. The molecule has 0 amide bonds. The maximum atomic E-state index is 13.5. The number of Topliss-reactive ketones (excluding diaryl/α,β-unsaturated/α-hetero) is 1. The summed E-state index contributed by atoms with van der Waals surface area (Å²) in [7, 11) is 1.45. The van der Waals surface area contributed by atoms with Crippen LogP contribution in [0.4, 0.5) is 8.78 Å². The highest BCUT2D eigenvalue weighted by Crippen LogP contribution is 2.29. The Labute approximate surface area is 121 Å². The molecule has 0 N–H and O–H groups in total. The molecule has 0 aliphatic carbocycles. The molecule has 0 heterocycles. The van der Waals surface area contributed by atoms with Gasteiger partial charge in [0.05, 0.1) is 7.11 Å². The van der Waals surface area contributed by atoms with E-state index in [1.54, 1.807) is 18.2 Å². The molecule has 5 heteroatoms. The van der Waals surface area contributed by atoms with Crippen molar-refractivity contribution in [3.05, 3.63) is 59.2 Å². The Morgan fingerprint density at radius 1 is 1.10 bits per heavy atom. The zero-order chi connectivity index (χ0) is 15.4. The van der Waals surface area contributed by atoms with E-state index in [9.17, 15) is 13.6 Å². The van der Waals surface area contributed by atoms with Crippen LogP contribution in [0.1, 0.15) is 22.8 Å². The molecule has 0 bridgehead atoms. The Kier molecular flexibility index (Phi) is 4.52. The molecule has 0 saturated carbocycles. The number of carbonyl (C=O) groups excluding carboxylic acids is 1. The minimum atomic E-state index is -0.672. The van der Waals surface area contributed by atoms with Crippen LogP contribution in [-0.4, -0.2) is 12.9 Å². The van der Waals surface area contributed by atoms with Gasteiger partial charge in [-0.2, -0.15) is 0 Å². The first-order valence-electron chi connectivity index (χ1n) is 6.27. The lowest BCUT2D eigenvalue weighted by Gasteiger charge is -2.12. The molecule has 3 nitrogen and oxygen atoms in total. The fraction of sp³-hybridized carbons (Fsp3) is 0.188. The lowest BCUT2D eigenvalue weighted by atomic mass is 10.1. The second kappa shape index (κ2) is 6.35. The number of methoxy groups -OCH3 is 1. The minimum Gasteiger partial charge on any atom is -0.493 e. The average molecular weight is 292 g/mol. The summed E-state index contributed by atoms with van der Waals surface area (Å²) in [4.78, 5) is 11.3. The van der Waals surface area contributed by atoms with Gasteiger partial charge in [0.25, 0.3) is 0 Å². The molecule has 2 aromatic carbocycles. The van der Waals surface area contributed by atoms with Crippen molar-refractivity contribution in [2.24, 2.45) is 0 Å². The molecule has 0 fully saturated rings. The smallest absolute Gasteiger partial charge is 0.161 e. The number of hydrogen-bond donors (Lipinski definition) is 0. The molecule has 0 aliphatic rings. The molecule has 2 aromatic rings. The monoisotopic (exact) mass is 292 g/mol. The first kappa shape index (κ1) is 15.0. The molecular weight excluding hydrogens is 278 g/mol. The van der Waals surface area contributed by atoms with Crippen molar-refractivity contribution in [3.8, 4) is 11.5 Å². The van der Waals surface area contributed by atoms with Crippen LogP contribution in [0.25, 0.3) is 0 Å². The number of rotatable bonds is 5. The molecule has 0 unspecified atom stereocenters. The largest absolute Gasteiger partial charge is 0.493 e. The number of ether oxygens (including phenoxy) is 2. The van der Waals surface area contributed by atoms with Crippen molar-refractivity contribution in [2.45, 2.75) is 13.5 Å². The Morgan fingerprint density at radius 3 is 2.48 bits per heavy atom. The van der Waals surface area contributed by atoms with Gasteiger partial charge in [-0.1, -0.05) is 0 Å².